The van der Waals surface area contributed by atoms with E-state index in [0.29, 0.717) is 18.8 Å². The number of hydrogen-bond donors (Lipinski definition) is 2. The second-order valence-corrected chi connectivity index (χ2v) is 7.51. The van der Waals surface area contributed by atoms with E-state index in [1.54, 1.807) is 13.0 Å². The molecule has 0 saturated carbocycles. The Morgan fingerprint density at radius 2 is 2.00 bits per heavy atom. The minimum atomic E-state index is -3.57. The first-order valence-electron chi connectivity index (χ1n) is 7.59. The van der Waals surface area contributed by atoms with Crippen molar-refractivity contribution in [1.29, 1.82) is 0 Å². The van der Waals surface area contributed by atoms with Gasteiger partial charge in [0.2, 0.25) is 15.9 Å². The zero-order chi connectivity index (χ0) is 17.0. The molecule has 1 atom stereocenters. The Bertz CT molecular complexity index is 675. The van der Waals surface area contributed by atoms with Gasteiger partial charge in [-0.25, -0.2) is 8.42 Å². The lowest BCUT2D eigenvalue weighted by Gasteiger charge is -2.18. The molecular formula is C15H24ClN3O4S. The first kappa shape index (κ1) is 20.7. The Kier molecular flexibility index (Phi) is 7.47. The van der Waals surface area contributed by atoms with Crippen LogP contribution in [0.1, 0.15) is 19.8 Å². The van der Waals surface area contributed by atoms with E-state index in [9.17, 15) is 13.2 Å². The monoisotopic (exact) mass is 377 g/mol. The molecule has 9 heteroatoms. The molecule has 0 bridgehead atoms. The fourth-order valence-corrected chi connectivity index (χ4v) is 4.05. The molecule has 1 saturated heterocycles. The van der Waals surface area contributed by atoms with Crippen molar-refractivity contribution >= 4 is 34.0 Å². The molecule has 24 heavy (non-hydrogen) atoms. The molecule has 1 unspecified atom stereocenters. The number of rotatable bonds is 6. The zero-order valence-electron chi connectivity index (χ0n) is 13.8. The summed E-state index contributed by atoms with van der Waals surface area (Å²) in [7, 11) is -2.16. The molecule has 0 aromatic heterocycles. The van der Waals surface area contributed by atoms with E-state index < -0.39 is 10.0 Å². The average molecular weight is 378 g/mol. The van der Waals surface area contributed by atoms with Gasteiger partial charge in [0.25, 0.3) is 0 Å². The molecule has 0 spiro atoms. The van der Waals surface area contributed by atoms with Gasteiger partial charge in [-0.2, -0.15) is 4.31 Å². The third kappa shape index (κ3) is 4.38. The molecule has 0 aliphatic carbocycles. The minimum Gasteiger partial charge on any atom is -0.495 e. The molecule has 1 aromatic rings. The summed E-state index contributed by atoms with van der Waals surface area (Å²) in [5.41, 5.74) is 5.94. The van der Waals surface area contributed by atoms with Crippen molar-refractivity contribution in [3.63, 3.8) is 0 Å². The Balaban J connectivity index is 0.00000288. The standard InChI is InChI=1S/C15H23N3O4S.ClH/c1-11(10-16)15(19)17-12-5-6-14(13(9-12)22-2)23(20,21)18-7-3-4-8-18;/h5-6,9,11H,3-4,7-8,10,16H2,1-2H3,(H,17,19);1H. The van der Waals surface area contributed by atoms with Crippen LogP contribution in [0, 0.1) is 5.92 Å². The van der Waals surface area contributed by atoms with Crippen LogP contribution in [-0.4, -0.2) is 45.4 Å². The highest BCUT2D eigenvalue weighted by atomic mass is 35.5. The van der Waals surface area contributed by atoms with Gasteiger partial charge in [0, 0.05) is 37.3 Å². The maximum absolute atomic E-state index is 12.6. The van der Waals surface area contributed by atoms with Crippen LogP contribution in [-0.2, 0) is 14.8 Å². The van der Waals surface area contributed by atoms with E-state index in [0.717, 1.165) is 12.8 Å². The Labute approximate surface area is 149 Å². The highest BCUT2D eigenvalue weighted by Gasteiger charge is 2.30. The molecule has 0 radical (unpaired) electrons. The van der Waals surface area contributed by atoms with Gasteiger partial charge >= 0.3 is 0 Å². The maximum Gasteiger partial charge on any atom is 0.246 e. The topological polar surface area (TPSA) is 102 Å². The third-order valence-electron chi connectivity index (χ3n) is 3.92. The summed E-state index contributed by atoms with van der Waals surface area (Å²) in [5.74, 6) is -0.325. The van der Waals surface area contributed by atoms with Crippen molar-refractivity contribution in [2.24, 2.45) is 11.7 Å². The molecule has 1 heterocycles. The zero-order valence-corrected chi connectivity index (χ0v) is 15.5. The Morgan fingerprint density at radius 1 is 1.38 bits per heavy atom. The van der Waals surface area contributed by atoms with Gasteiger partial charge in [-0.05, 0) is 25.0 Å². The fourth-order valence-electron chi connectivity index (χ4n) is 2.40. The van der Waals surface area contributed by atoms with Crippen LogP contribution in [0.5, 0.6) is 5.75 Å². The van der Waals surface area contributed by atoms with Crippen molar-refractivity contribution in [2.75, 3.05) is 32.1 Å². The van der Waals surface area contributed by atoms with Gasteiger partial charge in [0.05, 0.1) is 7.11 Å². The lowest BCUT2D eigenvalue weighted by atomic mass is 10.1. The number of halogens is 1. The Hall–Kier alpha value is -1.35. The van der Waals surface area contributed by atoms with E-state index in [1.807, 2.05) is 0 Å². The van der Waals surface area contributed by atoms with Gasteiger partial charge in [-0.15, -0.1) is 12.4 Å². The van der Waals surface area contributed by atoms with Crippen molar-refractivity contribution < 1.29 is 17.9 Å². The van der Waals surface area contributed by atoms with Gasteiger partial charge in [0.1, 0.15) is 10.6 Å². The number of ether oxygens (including phenoxy) is 1. The molecule has 1 amide bonds. The van der Waals surface area contributed by atoms with E-state index in [1.165, 1.54) is 23.5 Å². The van der Waals surface area contributed by atoms with Crippen LogP contribution in [0.15, 0.2) is 23.1 Å². The fraction of sp³-hybridized carbons (Fsp3) is 0.533. The van der Waals surface area contributed by atoms with Crippen molar-refractivity contribution in [3.8, 4) is 5.75 Å². The molecule has 3 N–H and O–H groups in total. The summed E-state index contributed by atoms with van der Waals surface area (Å²) in [5, 5.41) is 2.71. The van der Waals surface area contributed by atoms with Crippen LogP contribution in [0.4, 0.5) is 5.69 Å². The average Bonchev–Trinajstić information content (AvgIpc) is 3.08. The largest absolute Gasteiger partial charge is 0.495 e. The predicted molar refractivity (Wildman–Crippen MR) is 95.1 cm³/mol. The summed E-state index contributed by atoms with van der Waals surface area (Å²) in [4.78, 5) is 12.0. The second-order valence-electron chi connectivity index (χ2n) is 5.60. The lowest BCUT2D eigenvalue weighted by Crippen LogP contribution is -2.28. The van der Waals surface area contributed by atoms with Crippen LogP contribution in [0.25, 0.3) is 0 Å². The van der Waals surface area contributed by atoms with E-state index in [-0.39, 0.29) is 41.4 Å². The number of carbonyl (C=O) groups excluding carboxylic acids is 1. The van der Waals surface area contributed by atoms with Gasteiger partial charge < -0.3 is 15.8 Å². The van der Waals surface area contributed by atoms with Gasteiger partial charge in [-0.1, -0.05) is 6.92 Å². The highest BCUT2D eigenvalue weighted by Crippen LogP contribution is 2.31. The number of carbonyl (C=O) groups is 1. The quantitative estimate of drug-likeness (QED) is 0.780. The van der Waals surface area contributed by atoms with E-state index >= 15 is 0 Å². The summed E-state index contributed by atoms with van der Waals surface area (Å²) in [6.45, 7) is 3.01. The van der Waals surface area contributed by atoms with E-state index in [2.05, 4.69) is 5.32 Å². The SMILES string of the molecule is COc1cc(NC(=O)C(C)CN)ccc1S(=O)(=O)N1CCCC1.Cl. The third-order valence-corrected chi connectivity index (χ3v) is 5.85. The molecule has 7 nitrogen and oxygen atoms in total. The van der Waals surface area contributed by atoms with Gasteiger partial charge in [0.15, 0.2) is 0 Å². The smallest absolute Gasteiger partial charge is 0.246 e. The number of benzene rings is 1. The number of anilines is 1. The number of nitrogens with zero attached hydrogens (tertiary/aromatic N) is 1. The summed E-state index contributed by atoms with van der Waals surface area (Å²) in [6, 6.07) is 4.55. The predicted octanol–water partition coefficient (Wildman–Crippen LogP) is 1.43. The molecule has 2 rings (SSSR count). The van der Waals surface area contributed by atoms with Crippen LogP contribution < -0.4 is 15.8 Å². The summed E-state index contributed by atoms with van der Waals surface area (Å²) in [6.07, 6.45) is 1.74. The number of sulfonamides is 1. The summed E-state index contributed by atoms with van der Waals surface area (Å²) >= 11 is 0. The molecular weight excluding hydrogens is 354 g/mol. The number of hydrogen-bond acceptors (Lipinski definition) is 5. The van der Waals surface area contributed by atoms with Gasteiger partial charge in [-0.3, -0.25) is 4.79 Å². The highest BCUT2D eigenvalue weighted by molar-refractivity contribution is 7.89. The Morgan fingerprint density at radius 3 is 2.54 bits per heavy atom. The second kappa shape index (κ2) is 8.66. The number of nitrogens with two attached hydrogens (primary N) is 1. The number of methoxy groups -OCH3 is 1. The molecule has 1 aliphatic rings. The van der Waals surface area contributed by atoms with E-state index in [4.69, 9.17) is 10.5 Å². The molecule has 136 valence electrons. The van der Waals surface area contributed by atoms with Crippen molar-refractivity contribution in [1.82, 2.24) is 4.31 Å². The maximum atomic E-state index is 12.6. The van der Waals surface area contributed by atoms with Crippen LogP contribution in [0.3, 0.4) is 0 Å². The molecule has 1 aromatic carbocycles. The van der Waals surface area contributed by atoms with Crippen molar-refractivity contribution in [2.45, 2.75) is 24.7 Å². The molecule has 1 aliphatic heterocycles. The summed E-state index contributed by atoms with van der Waals surface area (Å²) < 4.78 is 32.0. The van der Waals surface area contributed by atoms with Crippen molar-refractivity contribution in [3.05, 3.63) is 18.2 Å². The minimum absolute atomic E-state index is 0. The first-order valence-corrected chi connectivity index (χ1v) is 9.03. The molecule has 1 fully saturated rings. The number of amides is 1. The first-order chi connectivity index (χ1) is 10.9. The lowest BCUT2D eigenvalue weighted by molar-refractivity contribution is -0.119. The van der Waals surface area contributed by atoms with Crippen LogP contribution >= 0.6 is 12.4 Å². The number of nitrogens with one attached hydrogen (secondary N) is 1. The normalized spacial score (nSPS) is 16.3. The van der Waals surface area contributed by atoms with Crippen LogP contribution in [0.2, 0.25) is 0 Å².